The number of fused-ring (bicyclic) bond motifs is 3. The van der Waals surface area contributed by atoms with Crippen molar-refractivity contribution in [3.63, 3.8) is 0 Å². The number of amides is 1. The van der Waals surface area contributed by atoms with Gasteiger partial charge in [0.1, 0.15) is 9.86 Å². The number of rotatable bonds is 7. The van der Waals surface area contributed by atoms with Crippen LogP contribution in [0.25, 0.3) is 10.2 Å². The van der Waals surface area contributed by atoms with Crippen LogP contribution in [0.3, 0.4) is 0 Å². The van der Waals surface area contributed by atoms with Gasteiger partial charge in [-0.05, 0) is 25.3 Å². The molecule has 1 aliphatic heterocycles. The molecule has 2 N–H and O–H groups in total. The van der Waals surface area contributed by atoms with Crippen molar-refractivity contribution in [1.29, 1.82) is 0 Å². The number of ether oxygens (including phenoxy) is 1. The van der Waals surface area contributed by atoms with Gasteiger partial charge in [0.05, 0.1) is 18.0 Å². The summed E-state index contributed by atoms with van der Waals surface area (Å²) in [5, 5.41) is 2.74. The second-order valence-corrected chi connectivity index (χ2v) is 9.48. The molecule has 0 saturated heterocycles. The van der Waals surface area contributed by atoms with Crippen molar-refractivity contribution >= 4 is 51.0 Å². The Kier molecular flexibility index (Phi) is 5.92. The quantitative estimate of drug-likeness (QED) is 0.432. The van der Waals surface area contributed by atoms with E-state index in [9.17, 15) is 4.79 Å². The van der Waals surface area contributed by atoms with Gasteiger partial charge in [-0.1, -0.05) is 37.4 Å². The maximum Gasteiger partial charge on any atom is 0.227 e. The molecule has 1 aliphatic rings. The van der Waals surface area contributed by atoms with Crippen LogP contribution in [0.15, 0.2) is 10.2 Å². The van der Waals surface area contributed by atoms with E-state index in [2.05, 4.69) is 20.8 Å². The lowest BCUT2D eigenvalue weighted by molar-refractivity contribution is -0.115. The minimum atomic E-state index is -0.328. The Morgan fingerprint density at radius 3 is 2.84 bits per heavy atom. The summed E-state index contributed by atoms with van der Waals surface area (Å²) in [6.07, 6.45) is 2.88. The van der Waals surface area contributed by atoms with Gasteiger partial charge in [-0.2, -0.15) is 0 Å². The number of carbonyl (C=O) groups excluding carboxylic acids is 1. The molecule has 3 rings (SSSR count). The van der Waals surface area contributed by atoms with E-state index in [1.165, 1.54) is 22.2 Å². The first-order valence-corrected chi connectivity index (χ1v) is 11.2. The van der Waals surface area contributed by atoms with Crippen LogP contribution >= 0.6 is 34.9 Å². The summed E-state index contributed by atoms with van der Waals surface area (Å²) in [4.78, 5) is 23.0. The molecule has 25 heavy (non-hydrogen) atoms. The van der Waals surface area contributed by atoms with E-state index in [-0.39, 0.29) is 17.3 Å². The normalized spacial score (nSPS) is 20.0. The Bertz CT molecular complexity index is 793. The third-order valence-electron chi connectivity index (χ3n) is 4.32. The molecule has 1 unspecified atom stereocenters. The summed E-state index contributed by atoms with van der Waals surface area (Å²) in [6.45, 7) is 7.07. The summed E-state index contributed by atoms with van der Waals surface area (Å²) < 4.78 is 6.08. The maximum absolute atomic E-state index is 11.3. The van der Waals surface area contributed by atoms with Gasteiger partial charge in [0.2, 0.25) is 5.91 Å². The van der Waals surface area contributed by atoms with Crippen molar-refractivity contribution in [3.8, 4) is 0 Å². The van der Waals surface area contributed by atoms with E-state index in [0.29, 0.717) is 6.61 Å². The Hall–Kier alpha value is -0.830. The van der Waals surface area contributed by atoms with Gasteiger partial charge in [0, 0.05) is 22.4 Å². The molecule has 2 aromatic rings. The van der Waals surface area contributed by atoms with Crippen molar-refractivity contribution in [2.45, 2.75) is 62.4 Å². The Morgan fingerprint density at radius 2 is 2.16 bits per heavy atom. The van der Waals surface area contributed by atoms with Gasteiger partial charge in [-0.25, -0.2) is 9.97 Å². The second kappa shape index (κ2) is 7.82. The number of thioether (sulfide) groups is 2. The van der Waals surface area contributed by atoms with Gasteiger partial charge < -0.3 is 10.5 Å². The zero-order chi connectivity index (χ0) is 18.0. The van der Waals surface area contributed by atoms with E-state index >= 15 is 0 Å². The lowest BCUT2D eigenvalue weighted by atomic mass is 9.90. The van der Waals surface area contributed by atoms with Crippen molar-refractivity contribution in [3.05, 3.63) is 10.4 Å². The van der Waals surface area contributed by atoms with Crippen molar-refractivity contribution in [2.24, 2.45) is 5.73 Å². The Labute approximate surface area is 160 Å². The molecule has 0 spiro atoms. The van der Waals surface area contributed by atoms with E-state index in [1.54, 1.807) is 23.1 Å². The number of carbonyl (C=O) groups is 1. The molecule has 1 atom stereocenters. The largest absolute Gasteiger partial charge is 0.369 e. The molecule has 3 heterocycles. The number of primary amides is 1. The van der Waals surface area contributed by atoms with Crippen LogP contribution in [0, 0.1) is 0 Å². The van der Waals surface area contributed by atoms with Crippen LogP contribution in [-0.4, -0.2) is 33.0 Å². The zero-order valence-corrected chi connectivity index (χ0v) is 17.2. The number of hydrogen-bond acceptors (Lipinski definition) is 7. The van der Waals surface area contributed by atoms with E-state index in [4.69, 9.17) is 20.4 Å². The standard InChI is InChI=1S/C17H23N3O2S3/c1-4-6-23-16-19-14(24-9-12(18)21)13-10-7-17(3,5-2)22-8-11(10)25-15(13)20-16/h4-9H2,1-3H3,(H2,18,21). The molecule has 5 nitrogen and oxygen atoms in total. The highest BCUT2D eigenvalue weighted by molar-refractivity contribution is 8.00. The highest BCUT2D eigenvalue weighted by Crippen LogP contribution is 2.43. The van der Waals surface area contributed by atoms with Crippen LogP contribution < -0.4 is 5.73 Å². The fraction of sp³-hybridized carbons (Fsp3) is 0.588. The van der Waals surface area contributed by atoms with Crippen molar-refractivity contribution < 1.29 is 9.53 Å². The topological polar surface area (TPSA) is 78.1 Å². The van der Waals surface area contributed by atoms with Gasteiger partial charge >= 0.3 is 0 Å². The molecular weight excluding hydrogens is 374 g/mol. The molecule has 2 aromatic heterocycles. The van der Waals surface area contributed by atoms with E-state index in [0.717, 1.165) is 45.4 Å². The van der Waals surface area contributed by atoms with Gasteiger partial charge in [0.15, 0.2) is 5.16 Å². The van der Waals surface area contributed by atoms with Gasteiger partial charge in [-0.3, -0.25) is 4.79 Å². The van der Waals surface area contributed by atoms with E-state index < -0.39 is 0 Å². The van der Waals surface area contributed by atoms with Crippen molar-refractivity contribution in [1.82, 2.24) is 9.97 Å². The molecule has 136 valence electrons. The third kappa shape index (κ3) is 4.13. The van der Waals surface area contributed by atoms with Gasteiger partial charge in [-0.15, -0.1) is 11.3 Å². The first-order valence-electron chi connectivity index (χ1n) is 8.46. The first kappa shape index (κ1) is 18.9. The van der Waals surface area contributed by atoms with Crippen LogP contribution in [0.1, 0.15) is 44.1 Å². The molecule has 0 bridgehead atoms. The summed E-state index contributed by atoms with van der Waals surface area (Å²) in [6, 6.07) is 0. The van der Waals surface area contributed by atoms with E-state index in [1.807, 2.05) is 0 Å². The minimum absolute atomic E-state index is 0.151. The lowest BCUT2D eigenvalue weighted by Crippen LogP contribution is -2.33. The predicted molar refractivity (Wildman–Crippen MR) is 106 cm³/mol. The number of thiophene rings is 1. The number of hydrogen-bond donors (Lipinski definition) is 1. The maximum atomic E-state index is 11.3. The summed E-state index contributed by atoms with van der Waals surface area (Å²) in [5.41, 5.74) is 6.49. The molecule has 0 fully saturated rings. The van der Waals surface area contributed by atoms with Crippen LogP contribution in [0.5, 0.6) is 0 Å². The second-order valence-electron chi connectivity index (χ2n) is 6.37. The molecule has 1 amide bonds. The Balaban J connectivity index is 2.07. The fourth-order valence-corrected chi connectivity index (χ4v) is 5.52. The zero-order valence-electron chi connectivity index (χ0n) is 14.8. The highest BCUT2D eigenvalue weighted by Gasteiger charge is 2.33. The van der Waals surface area contributed by atoms with Crippen LogP contribution in [0.2, 0.25) is 0 Å². The van der Waals surface area contributed by atoms with Gasteiger partial charge in [0.25, 0.3) is 0 Å². The Morgan fingerprint density at radius 1 is 1.36 bits per heavy atom. The summed E-state index contributed by atoms with van der Waals surface area (Å²) in [5.74, 6) is 0.884. The average molecular weight is 398 g/mol. The molecule has 0 aromatic carbocycles. The highest BCUT2D eigenvalue weighted by atomic mass is 32.2. The number of nitrogens with zero attached hydrogens (tertiary/aromatic N) is 2. The molecular formula is C17H23N3O2S3. The summed E-state index contributed by atoms with van der Waals surface area (Å²) >= 11 is 4.76. The van der Waals surface area contributed by atoms with Crippen LogP contribution in [0.4, 0.5) is 0 Å². The smallest absolute Gasteiger partial charge is 0.227 e. The monoisotopic (exact) mass is 397 g/mol. The molecule has 0 aliphatic carbocycles. The molecule has 0 radical (unpaired) electrons. The number of nitrogens with two attached hydrogens (primary N) is 1. The summed E-state index contributed by atoms with van der Waals surface area (Å²) in [7, 11) is 0. The first-order chi connectivity index (χ1) is 12.0. The third-order valence-corrected chi connectivity index (χ3v) is 7.47. The lowest BCUT2D eigenvalue weighted by Gasteiger charge is -2.33. The van der Waals surface area contributed by atoms with Crippen LogP contribution in [-0.2, 0) is 22.6 Å². The predicted octanol–water partition coefficient (Wildman–Crippen LogP) is 4.01. The molecule has 8 heteroatoms. The molecule has 0 saturated carbocycles. The van der Waals surface area contributed by atoms with Crippen molar-refractivity contribution in [2.75, 3.05) is 11.5 Å². The minimum Gasteiger partial charge on any atom is -0.369 e. The fourth-order valence-electron chi connectivity index (χ4n) is 2.75. The number of aromatic nitrogens is 2. The SMILES string of the molecule is CCCSc1nc(SCC(N)=O)c2c3c(sc2n1)COC(C)(CC)C3. The average Bonchev–Trinajstić information content (AvgIpc) is 2.95.